The molecule has 0 bridgehead atoms. The standard InChI is InChI=1S/C11H15Cl.C8H19N/c1-11(2,3)8-9-4-6-10(12)7-5-9;1-8(2,3)6-7-9(4)5/h4-7H,8H2,1-3H3;6-7H2,1-5H3. The molecule has 2 heteroatoms. The van der Waals surface area contributed by atoms with Crippen LogP contribution < -0.4 is 0 Å². The molecule has 0 aliphatic rings. The minimum absolute atomic E-state index is 0.355. The van der Waals surface area contributed by atoms with Crippen LogP contribution in [0.4, 0.5) is 0 Å². The fourth-order valence-electron chi connectivity index (χ4n) is 1.77. The molecule has 0 amide bonds. The van der Waals surface area contributed by atoms with Crippen LogP contribution in [0, 0.1) is 10.8 Å². The molecule has 21 heavy (non-hydrogen) atoms. The fourth-order valence-corrected chi connectivity index (χ4v) is 1.90. The highest BCUT2D eigenvalue weighted by Crippen LogP contribution is 2.21. The lowest BCUT2D eigenvalue weighted by molar-refractivity contribution is 0.297. The highest BCUT2D eigenvalue weighted by atomic mass is 35.5. The monoisotopic (exact) mass is 311 g/mol. The number of hydrogen-bond acceptors (Lipinski definition) is 1. The zero-order chi connectivity index (χ0) is 16.7. The summed E-state index contributed by atoms with van der Waals surface area (Å²) in [4.78, 5) is 2.23. The minimum Gasteiger partial charge on any atom is -0.309 e. The third-order valence-corrected chi connectivity index (χ3v) is 3.21. The summed E-state index contributed by atoms with van der Waals surface area (Å²) in [5.74, 6) is 0. The Morgan fingerprint density at radius 1 is 0.857 bits per heavy atom. The minimum atomic E-state index is 0.355. The molecule has 0 aliphatic heterocycles. The predicted octanol–water partition coefficient (Wildman–Crippen LogP) is 5.91. The average molecular weight is 312 g/mol. The Hall–Kier alpha value is -0.530. The maximum Gasteiger partial charge on any atom is 0.0406 e. The SMILES string of the molecule is CC(C)(C)Cc1ccc(Cl)cc1.CN(C)CCC(C)(C)C. The van der Waals surface area contributed by atoms with Gasteiger partial charge in [-0.05, 0) is 62.0 Å². The Balaban J connectivity index is 0.000000400. The van der Waals surface area contributed by atoms with Crippen molar-refractivity contribution in [2.45, 2.75) is 54.4 Å². The van der Waals surface area contributed by atoms with Crippen molar-refractivity contribution in [2.24, 2.45) is 10.8 Å². The van der Waals surface area contributed by atoms with Crippen molar-refractivity contribution >= 4 is 11.6 Å². The van der Waals surface area contributed by atoms with E-state index >= 15 is 0 Å². The van der Waals surface area contributed by atoms with Crippen molar-refractivity contribution < 1.29 is 0 Å². The lowest BCUT2D eigenvalue weighted by atomic mass is 9.88. The third kappa shape index (κ3) is 14.2. The van der Waals surface area contributed by atoms with Crippen LogP contribution in [0.2, 0.25) is 5.02 Å². The summed E-state index contributed by atoms with van der Waals surface area (Å²) in [6, 6.07) is 8.08. The van der Waals surface area contributed by atoms with Gasteiger partial charge in [-0.2, -0.15) is 0 Å². The first-order chi connectivity index (χ1) is 9.39. The molecule has 0 fully saturated rings. The van der Waals surface area contributed by atoms with Crippen LogP contribution in [-0.4, -0.2) is 25.5 Å². The van der Waals surface area contributed by atoms with Crippen molar-refractivity contribution in [1.82, 2.24) is 4.90 Å². The molecule has 0 saturated carbocycles. The zero-order valence-electron chi connectivity index (χ0n) is 15.3. The number of benzene rings is 1. The lowest BCUT2D eigenvalue weighted by Gasteiger charge is -2.20. The summed E-state index contributed by atoms with van der Waals surface area (Å²) in [7, 11) is 4.23. The van der Waals surface area contributed by atoms with E-state index in [0.717, 1.165) is 11.4 Å². The van der Waals surface area contributed by atoms with Gasteiger partial charge in [0.05, 0.1) is 0 Å². The number of halogens is 1. The molecule has 1 aromatic rings. The molecule has 0 unspecified atom stereocenters. The van der Waals surface area contributed by atoms with Crippen LogP contribution >= 0.6 is 11.6 Å². The van der Waals surface area contributed by atoms with Crippen LogP contribution in [0.15, 0.2) is 24.3 Å². The van der Waals surface area contributed by atoms with Gasteiger partial charge >= 0.3 is 0 Å². The quantitative estimate of drug-likeness (QED) is 0.670. The smallest absolute Gasteiger partial charge is 0.0406 e. The largest absolute Gasteiger partial charge is 0.309 e. The summed E-state index contributed by atoms with van der Waals surface area (Å²) in [6.45, 7) is 14.7. The summed E-state index contributed by atoms with van der Waals surface area (Å²) in [5, 5.41) is 0.813. The molecule has 0 radical (unpaired) electrons. The topological polar surface area (TPSA) is 3.24 Å². The first kappa shape index (κ1) is 20.5. The van der Waals surface area contributed by atoms with E-state index in [1.165, 1.54) is 18.5 Å². The van der Waals surface area contributed by atoms with E-state index in [2.05, 4.69) is 72.7 Å². The molecule has 1 rings (SSSR count). The van der Waals surface area contributed by atoms with Crippen LogP contribution in [0.5, 0.6) is 0 Å². The summed E-state index contributed by atoms with van der Waals surface area (Å²) < 4.78 is 0. The van der Waals surface area contributed by atoms with E-state index in [1.807, 2.05) is 12.1 Å². The van der Waals surface area contributed by atoms with Gasteiger partial charge in [0.1, 0.15) is 0 Å². The third-order valence-electron chi connectivity index (χ3n) is 2.96. The normalized spacial score (nSPS) is 12.1. The highest BCUT2D eigenvalue weighted by molar-refractivity contribution is 6.30. The molecular formula is C19H34ClN. The van der Waals surface area contributed by atoms with E-state index < -0.39 is 0 Å². The van der Waals surface area contributed by atoms with Crippen molar-refractivity contribution in [3.05, 3.63) is 34.9 Å². The van der Waals surface area contributed by atoms with Crippen LogP contribution in [0.3, 0.4) is 0 Å². The predicted molar refractivity (Wildman–Crippen MR) is 97.2 cm³/mol. The molecule has 0 aromatic heterocycles. The first-order valence-electron chi connectivity index (χ1n) is 7.78. The lowest BCUT2D eigenvalue weighted by Crippen LogP contribution is -2.19. The molecule has 0 saturated heterocycles. The number of nitrogens with zero attached hydrogens (tertiary/aromatic N) is 1. The van der Waals surface area contributed by atoms with Gasteiger partial charge in [-0.25, -0.2) is 0 Å². The first-order valence-corrected chi connectivity index (χ1v) is 8.16. The van der Waals surface area contributed by atoms with E-state index in [9.17, 15) is 0 Å². The van der Waals surface area contributed by atoms with Gasteiger partial charge in [0, 0.05) is 5.02 Å². The maximum absolute atomic E-state index is 5.78. The van der Waals surface area contributed by atoms with Crippen molar-refractivity contribution in [2.75, 3.05) is 20.6 Å². The second-order valence-corrected chi connectivity index (χ2v) is 8.91. The summed E-state index contributed by atoms with van der Waals surface area (Å²) in [6.07, 6.45) is 2.38. The zero-order valence-corrected chi connectivity index (χ0v) is 16.0. The van der Waals surface area contributed by atoms with Gasteiger partial charge in [0.15, 0.2) is 0 Å². The van der Waals surface area contributed by atoms with Crippen LogP contribution in [0.1, 0.15) is 53.5 Å². The van der Waals surface area contributed by atoms with Gasteiger partial charge in [-0.1, -0.05) is 65.3 Å². The molecule has 0 aliphatic carbocycles. The average Bonchev–Trinajstić information content (AvgIpc) is 2.28. The van der Waals surface area contributed by atoms with E-state index in [-0.39, 0.29) is 0 Å². The summed E-state index contributed by atoms with van der Waals surface area (Å²) in [5.41, 5.74) is 2.20. The Labute approximate surface area is 137 Å². The van der Waals surface area contributed by atoms with Crippen molar-refractivity contribution in [1.29, 1.82) is 0 Å². The molecule has 0 N–H and O–H groups in total. The van der Waals surface area contributed by atoms with Gasteiger partial charge in [-0.15, -0.1) is 0 Å². The Kier molecular flexibility index (Phi) is 8.58. The molecule has 1 nitrogen and oxygen atoms in total. The van der Waals surface area contributed by atoms with Gasteiger partial charge in [0.2, 0.25) is 0 Å². The molecule has 1 aromatic carbocycles. The molecule has 0 atom stereocenters. The Morgan fingerprint density at radius 2 is 1.33 bits per heavy atom. The molecule has 0 spiro atoms. The second-order valence-electron chi connectivity index (χ2n) is 8.48. The summed E-state index contributed by atoms with van der Waals surface area (Å²) >= 11 is 5.78. The van der Waals surface area contributed by atoms with Crippen LogP contribution in [0.25, 0.3) is 0 Å². The molecule has 122 valence electrons. The Morgan fingerprint density at radius 3 is 1.62 bits per heavy atom. The van der Waals surface area contributed by atoms with Gasteiger partial charge in [-0.3, -0.25) is 0 Å². The second kappa shape index (κ2) is 8.80. The molecule has 0 heterocycles. The fraction of sp³-hybridized carbons (Fsp3) is 0.684. The maximum atomic E-state index is 5.78. The van der Waals surface area contributed by atoms with Gasteiger partial charge < -0.3 is 4.90 Å². The Bertz CT molecular complexity index is 380. The van der Waals surface area contributed by atoms with Crippen molar-refractivity contribution in [3.63, 3.8) is 0 Å². The van der Waals surface area contributed by atoms with E-state index in [4.69, 9.17) is 11.6 Å². The molecular weight excluding hydrogens is 278 g/mol. The van der Waals surface area contributed by atoms with Crippen LogP contribution in [-0.2, 0) is 6.42 Å². The van der Waals surface area contributed by atoms with E-state index in [1.54, 1.807) is 0 Å². The highest BCUT2D eigenvalue weighted by Gasteiger charge is 2.10. The van der Waals surface area contributed by atoms with Crippen molar-refractivity contribution in [3.8, 4) is 0 Å². The van der Waals surface area contributed by atoms with Gasteiger partial charge in [0.25, 0.3) is 0 Å². The number of rotatable bonds is 3. The number of hydrogen-bond donors (Lipinski definition) is 0. The van der Waals surface area contributed by atoms with E-state index in [0.29, 0.717) is 10.8 Å².